The Morgan fingerprint density at radius 2 is 1.86 bits per heavy atom. The molecule has 1 aliphatic rings. The van der Waals surface area contributed by atoms with Crippen LogP contribution in [0.5, 0.6) is 0 Å². The number of hydrogen-bond acceptors (Lipinski definition) is 2. The Kier molecular flexibility index (Phi) is 5.40. The number of halogens is 2. The lowest BCUT2D eigenvalue weighted by Crippen LogP contribution is -2.35. The molecule has 4 nitrogen and oxygen atoms in total. The summed E-state index contributed by atoms with van der Waals surface area (Å²) >= 11 is 5.99. The first-order chi connectivity index (χ1) is 10.4. The van der Waals surface area contributed by atoms with E-state index in [0.717, 1.165) is 0 Å². The lowest BCUT2D eigenvalue weighted by molar-refractivity contribution is -0.144. The molecule has 1 aromatic carbocycles. The summed E-state index contributed by atoms with van der Waals surface area (Å²) in [5.74, 6) is -1.81. The summed E-state index contributed by atoms with van der Waals surface area (Å²) in [7, 11) is 0. The van der Waals surface area contributed by atoms with Crippen molar-refractivity contribution >= 4 is 23.5 Å². The second kappa shape index (κ2) is 7.09. The maximum absolute atomic E-state index is 13.0. The number of carboxylic acid groups (broad SMARTS) is 1. The minimum atomic E-state index is -0.787. The molecule has 0 heterocycles. The molecule has 0 aromatic heterocycles. The molecule has 1 aromatic rings. The predicted molar refractivity (Wildman–Crippen MR) is 81.1 cm³/mol. The molecule has 0 spiro atoms. The van der Waals surface area contributed by atoms with Gasteiger partial charge in [0.25, 0.3) is 0 Å². The third kappa shape index (κ3) is 3.97. The van der Waals surface area contributed by atoms with Crippen LogP contribution in [0.4, 0.5) is 4.39 Å². The third-order valence-corrected chi connectivity index (χ3v) is 4.56. The first kappa shape index (κ1) is 16.7. The van der Waals surface area contributed by atoms with Crippen LogP contribution in [-0.4, -0.2) is 17.0 Å². The molecule has 120 valence electrons. The molecule has 1 saturated carbocycles. The molecule has 22 heavy (non-hydrogen) atoms. The van der Waals surface area contributed by atoms with Crippen LogP contribution in [0, 0.1) is 17.7 Å². The van der Waals surface area contributed by atoms with Crippen molar-refractivity contribution in [2.45, 2.75) is 38.6 Å². The van der Waals surface area contributed by atoms with E-state index in [0.29, 0.717) is 31.2 Å². The van der Waals surface area contributed by atoms with Gasteiger partial charge in [0.2, 0.25) is 5.91 Å². The molecule has 1 amide bonds. The number of benzene rings is 1. The van der Waals surface area contributed by atoms with Gasteiger partial charge in [0.05, 0.1) is 12.0 Å². The Morgan fingerprint density at radius 3 is 2.41 bits per heavy atom. The van der Waals surface area contributed by atoms with E-state index in [2.05, 4.69) is 5.32 Å². The Balaban J connectivity index is 1.93. The van der Waals surface area contributed by atoms with Crippen molar-refractivity contribution < 1.29 is 19.1 Å². The largest absolute Gasteiger partial charge is 0.481 e. The van der Waals surface area contributed by atoms with Gasteiger partial charge in [0, 0.05) is 10.9 Å². The van der Waals surface area contributed by atoms with E-state index >= 15 is 0 Å². The van der Waals surface area contributed by atoms with Gasteiger partial charge in [0.1, 0.15) is 5.82 Å². The zero-order valence-electron chi connectivity index (χ0n) is 12.3. The van der Waals surface area contributed by atoms with Gasteiger partial charge < -0.3 is 10.4 Å². The van der Waals surface area contributed by atoms with Gasteiger partial charge in [0.15, 0.2) is 0 Å². The summed E-state index contributed by atoms with van der Waals surface area (Å²) in [6.07, 6.45) is 2.21. The number of carboxylic acids is 1. The molecule has 1 atom stereocenters. The summed E-state index contributed by atoms with van der Waals surface area (Å²) in [4.78, 5) is 23.2. The maximum atomic E-state index is 13.0. The average molecular weight is 328 g/mol. The fourth-order valence-corrected chi connectivity index (χ4v) is 3.20. The van der Waals surface area contributed by atoms with Crippen molar-refractivity contribution in [1.29, 1.82) is 0 Å². The molecule has 1 fully saturated rings. The number of nitrogens with one attached hydrogen (secondary N) is 1. The minimum Gasteiger partial charge on any atom is -0.481 e. The van der Waals surface area contributed by atoms with Crippen LogP contribution in [0.3, 0.4) is 0 Å². The molecule has 1 unspecified atom stereocenters. The fourth-order valence-electron chi connectivity index (χ4n) is 2.86. The number of aliphatic carboxylic acids is 1. The average Bonchev–Trinajstić information content (AvgIpc) is 2.47. The number of rotatable bonds is 4. The highest BCUT2D eigenvalue weighted by atomic mass is 35.5. The molecule has 0 radical (unpaired) electrons. The van der Waals surface area contributed by atoms with Gasteiger partial charge in [-0.3, -0.25) is 9.59 Å². The molecular formula is C16H19ClFNO3. The summed E-state index contributed by atoms with van der Waals surface area (Å²) in [5.41, 5.74) is 0.663. The molecule has 2 rings (SSSR count). The molecule has 1 aliphatic carbocycles. The molecule has 2 N–H and O–H groups in total. The number of carbonyl (C=O) groups excluding carboxylic acids is 1. The second-order valence-electron chi connectivity index (χ2n) is 5.78. The van der Waals surface area contributed by atoms with E-state index < -0.39 is 11.8 Å². The first-order valence-corrected chi connectivity index (χ1v) is 7.74. The van der Waals surface area contributed by atoms with Crippen molar-refractivity contribution in [3.63, 3.8) is 0 Å². The molecule has 0 saturated heterocycles. The van der Waals surface area contributed by atoms with E-state index in [1.54, 1.807) is 13.0 Å². The number of hydrogen-bond donors (Lipinski definition) is 2. The standard InChI is InChI=1S/C16H19ClFNO3/c1-9(13-7-6-12(18)8-14(13)17)19-15(20)10-2-4-11(5-3-10)16(21)22/h6-11H,2-5H2,1H3,(H,19,20)(H,21,22). The Labute approximate surface area is 133 Å². The lowest BCUT2D eigenvalue weighted by atomic mass is 9.81. The Bertz CT molecular complexity index is 571. The summed E-state index contributed by atoms with van der Waals surface area (Å²) in [5, 5.41) is 12.1. The van der Waals surface area contributed by atoms with Crippen LogP contribution in [0.1, 0.15) is 44.2 Å². The quantitative estimate of drug-likeness (QED) is 0.888. The van der Waals surface area contributed by atoms with E-state index in [9.17, 15) is 14.0 Å². The van der Waals surface area contributed by atoms with E-state index in [-0.39, 0.29) is 28.8 Å². The molecule has 0 aliphatic heterocycles. The van der Waals surface area contributed by atoms with Crippen molar-refractivity contribution in [3.8, 4) is 0 Å². The highest BCUT2D eigenvalue weighted by Gasteiger charge is 2.30. The Hall–Kier alpha value is -1.62. The van der Waals surface area contributed by atoms with E-state index in [4.69, 9.17) is 16.7 Å². The lowest BCUT2D eigenvalue weighted by Gasteiger charge is -2.26. The second-order valence-corrected chi connectivity index (χ2v) is 6.19. The van der Waals surface area contributed by atoms with E-state index in [1.807, 2.05) is 0 Å². The number of carbonyl (C=O) groups is 2. The van der Waals surface area contributed by atoms with Crippen LogP contribution < -0.4 is 5.32 Å². The smallest absolute Gasteiger partial charge is 0.306 e. The highest BCUT2D eigenvalue weighted by Crippen LogP contribution is 2.30. The van der Waals surface area contributed by atoms with Gasteiger partial charge in [-0.05, 0) is 50.3 Å². The molecule has 6 heteroatoms. The normalized spacial score (nSPS) is 22.9. The SMILES string of the molecule is CC(NC(=O)C1CCC(C(=O)O)CC1)c1ccc(F)cc1Cl. The van der Waals surface area contributed by atoms with Gasteiger partial charge in [-0.2, -0.15) is 0 Å². The van der Waals surface area contributed by atoms with Crippen LogP contribution >= 0.6 is 11.6 Å². The molecule has 0 bridgehead atoms. The van der Waals surface area contributed by atoms with Crippen molar-refractivity contribution in [1.82, 2.24) is 5.32 Å². The summed E-state index contributed by atoms with van der Waals surface area (Å²) in [6, 6.07) is 3.77. The van der Waals surface area contributed by atoms with E-state index in [1.165, 1.54) is 12.1 Å². The van der Waals surface area contributed by atoms with Gasteiger partial charge >= 0.3 is 5.97 Å². The van der Waals surface area contributed by atoms with Crippen molar-refractivity contribution in [3.05, 3.63) is 34.6 Å². The highest BCUT2D eigenvalue weighted by molar-refractivity contribution is 6.31. The van der Waals surface area contributed by atoms with Crippen LogP contribution in [-0.2, 0) is 9.59 Å². The van der Waals surface area contributed by atoms with Crippen molar-refractivity contribution in [2.75, 3.05) is 0 Å². The zero-order valence-corrected chi connectivity index (χ0v) is 13.1. The van der Waals surface area contributed by atoms with Crippen molar-refractivity contribution in [2.24, 2.45) is 11.8 Å². The fraction of sp³-hybridized carbons (Fsp3) is 0.500. The molecular weight excluding hydrogens is 309 g/mol. The van der Waals surface area contributed by atoms with Gasteiger partial charge in [-0.25, -0.2) is 4.39 Å². The third-order valence-electron chi connectivity index (χ3n) is 4.23. The van der Waals surface area contributed by atoms with Crippen LogP contribution in [0.2, 0.25) is 5.02 Å². The minimum absolute atomic E-state index is 0.100. The maximum Gasteiger partial charge on any atom is 0.306 e. The number of amides is 1. The zero-order chi connectivity index (χ0) is 16.3. The monoisotopic (exact) mass is 327 g/mol. The summed E-state index contributed by atoms with van der Waals surface area (Å²) < 4.78 is 13.0. The topological polar surface area (TPSA) is 66.4 Å². The predicted octanol–water partition coefficient (Wildman–Crippen LogP) is 3.55. The van der Waals surface area contributed by atoms with Crippen LogP contribution in [0.25, 0.3) is 0 Å². The van der Waals surface area contributed by atoms with Gasteiger partial charge in [-0.15, -0.1) is 0 Å². The van der Waals surface area contributed by atoms with Gasteiger partial charge in [-0.1, -0.05) is 17.7 Å². The first-order valence-electron chi connectivity index (χ1n) is 7.36. The summed E-state index contributed by atoms with van der Waals surface area (Å²) in [6.45, 7) is 1.79. The Morgan fingerprint density at radius 1 is 1.27 bits per heavy atom. The van der Waals surface area contributed by atoms with Crippen LogP contribution in [0.15, 0.2) is 18.2 Å².